The van der Waals surface area contributed by atoms with Crippen molar-refractivity contribution in [2.45, 2.75) is 39.0 Å². The summed E-state index contributed by atoms with van der Waals surface area (Å²) in [7, 11) is 0. The van der Waals surface area contributed by atoms with Gasteiger partial charge < -0.3 is 10.0 Å². The minimum Gasteiger partial charge on any atom is -0.481 e. The Labute approximate surface area is 152 Å². The number of carboxylic acid groups (broad SMARTS) is 1. The number of hydrogen-bond acceptors (Lipinski definition) is 3. The lowest BCUT2D eigenvalue weighted by molar-refractivity contribution is -0.143. The molecule has 1 atom stereocenters. The minimum atomic E-state index is -0.821. The van der Waals surface area contributed by atoms with E-state index < -0.39 is 11.9 Å². The summed E-state index contributed by atoms with van der Waals surface area (Å²) in [6.07, 6.45) is 4.16. The molecule has 1 saturated heterocycles. The van der Waals surface area contributed by atoms with E-state index in [1.807, 2.05) is 35.9 Å². The van der Waals surface area contributed by atoms with Gasteiger partial charge in [0.15, 0.2) is 5.69 Å². The normalized spacial score (nSPS) is 19.4. The molecule has 4 rings (SSSR count). The zero-order valence-electron chi connectivity index (χ0n) is 14.9. The predicted octanol–water partition coefficient (Wildman–Crippen LogP) is 2.61. The lowest BCUT2D eigenvalue weighted by Crippen LogP contribution is -2.42. The summed E-state index contributed by atoms with van der Waals surface area (Å²) in [6, 6.07) is 8.14. The summed E-state index contributed by atoms with van der Waals surface area (Å²) in [5.74, 6) is -1.42. The average Bonchev–Trinajstić information content (AvgIpc) is 3.25. The minimum absolute atomic E-state index is 0.125. The van der Waals surface area contributed by atoms with Crippen LogP contribution in [0.15, 0.2) is 24.3 Å². The maximum atomic E-state index is 13.1. The Morgan fingerprint density at radius 1 is 1.15 bits per heavy atom. The van der Waals surface area contributed by atoms with Crippen LogP contribution >= 0.6 is 0 Å². The molecule has 0 radical (unpaired) electrons. The molecule has 1 N–H and O–H groups in total. The summed E-state index contributed by atoms with van der Waals surface area (Å²) in [6.45, 7) is 2.93. The second-order valence-corrected chi connectivity index (χ2v) is 7.30. The predicted molar refractivity (Wildman–Crippen MR) is 96.6 cm³/mol. The van der Waals surface area contributed by atoms with E-state index in [-0.39, 0.29) is 12.5 Å². The number of likely N-dealkylation sites (tertiary alicyclic amines) is 1. The number of carbonyl (C=O) groups is 2. The van der Waals surface area contributed by atoms with Crippen molar-refractivity contribution in [1.82, 2.24) is 14.7 Å². The van der Waals surface area contributed by atoms with E-state index in [9.17, 15) is 14.7 Å². The van der Waals surface area contributed by atoms with Crippen molar-refractivity contribution in [1.29, 1.82) is 0 Å². The highest BCUT2D eigenvalue weighted by molar-refractivity contribution is 5.94. The number of piperidine rings is 1. The van der Waals surface area contributed by atoms with Gasteiger partial charge in [-0.1, -0.05) is 17.7 Å². The molecule has 0 bridgehead atoms. The first-order valence-corrected chi connectivity index (χ1v) is 9.24. The molecule has 1 amide bonds. The zero-order valence-corrected chi connectivity index (χ0v) is 14.9. The molecule has 1 aromatic carbocycles. The second-order valence-electron chi connectivity index (χ2n) is 7.30. The number of carboxylic acids is 1. The molecule has 1 aliphatic carbocycles. The first-order valence-electron chi connectivity index (χ1n) is 9.24. The van der Waals surface area contributed by atoms with E-state index in [1.165, 1.54) is 5.56 Å². The molecule has 1 unspecified atom stereocenters. The van der Waals surface area contributed by atoms with Crippen LogP contribution in [0.1, 0.15) is 46.6 Å². The van der Waals surface area contributed by atoms with Gasteiger partial charge in [-0.05, 0) is 51.2 Å². The Bertz CT molecular complexity index is 854. The Morgan fingerprint density at radius 2 is 1.92 bits per heavy atom. The fourth-order valence-electron chi connectivity index (χ4n) is 4.02. The molecule has 6 heteroatoms. The molecule has 2 aromatic rings. The van der Waals surface area contributed by atoms with E-state index in [4.69, 9.17) is 0 Å². The van der Waals surface area contributed by atoms with Crippen molar-refractivity contribution in [2.24, 2.45) is 5.92 Å². The quantitative estimate of drug-likeness (QED) is 0.920. The molecule has 26 heavy (non-hydrogen) atoms. The van der Waals surface area contributed by atoms with E-state index in [0.717, 1.165) is 42.6 Å². The maximum Gasteiger partial charge on any atom is 0.308 e. The number of carbonyl (C=O) groups excluding carboxylic acids is 1. The van der Waals surface area contributed by atoms with E-state index in [2.05, 4.69) is 5.10 Å². The lowest BCUT2D eigenvalue weighted by atomic mass is 9.98. The van der Waals surface area contributed by atoms with E-state index >= 15 is 0 Å². The van der Waals surface area contributed by atoms with Gasteiger partial charge in [0.05, 0.1) is 11.6 Å². The van der Waals surface area contributed by atoms with Crippen molar-refractivity contribution in [3.63, 3.8) is 0 Å². The van der Waals surface area contributed by atoms with Gasteiger partial charge in [-0.3, -0.25) is 9.59 Å². The zero-order chi connectivity index (χ0) is 18.3. The number of aliphatic carboxylic acids is 1. The van der Waals surface area contributed by atoms with Crippen LogP contribution in [0.2, 0.25) is 0 Å². The molecule has 1 aromatic heterocycles. The van der Waals surface area contributed by atoms with Crippen molar-refractivity contribution in [3.8, 4) is 5.69 Å². The van der Waals surface area contributed by atoms with Crippen LogP contribution < -0.4 is 0 Å². The topological polar surface area (TPSA) is 75.4 Å². The summed E-state index contributed by atoms with van der Waals surface area (Å²) in [5.41, 5.74) is 4.80. The van der Waals surface area contributed by atoms with Crippen LogP contribution in [0, 0.1) is 12.8 Å². The largest absolute Gasteiger partial charge is 0.481 e. The Hall–Kier alpha value is -2.63. The molecule has 2 heterocycles. The monoisotopic (exact) mass is 353 g/mol. The molecule has 1 aliphatic heterocycles. The average molecular weight is 353 g/mol. The molecule has 1 fully saturated rings. The number of rotatable bonds is 3. The highest BCUT2D eigenvalue weighted by Gasteiger charge is 2.33. The number of fused-ring (bicyclic) bond motifs is 1. The van der Waals surface area contributed by atoms with Gasteiger partial charge in [0.2, 0.25) is 0 Å². The van der Waals surface area contributed by atoms with Gasteiger partial charge in [-0.2, -0.15) is 5.10 Å². The van der Waals surface area contributed by atoms with Gasteiger partial charge >= 0.3 is 5.97 Å². The fourth-order valence-corrected chi connectivity index (χ4v) is 4.02. The summed E-state index contributed by atoms with van der Waals surface area (Å²) in [4.78, 5) is 26.1. The lowest BCUT2D eigenvalue weighted by Gasteiger charge is -2.30. The number of aryl methyl sites for hydroxylation is 1. The van der Waals surface area contributed by atoms with Crippen molar-refractivity contribution in [2.75, 3.05) is 13.1 Å². The Morgan fingerprint density at radius 3 is 2.65 bits per heavy atom. The van der Waals surface area contributed by atoms with E-state index in [1.54, 1.807) is 4.90 Å². The van der Waals surface area contributed by atoms with Gasteiger partial charge in [0.1, 0.15) is 0 Å². The van der Waals surface area contributed by atoms with Crippen LogP contribution in [-0.4, -0.2) is 44.8 Å². The number of benzene rings is 1. The molecule has 0 spiro atoms. The standard InChI is InChI=1S/C20H23N3O3/c1-13-7-9-15(10-8-13)23-17-6-2-5-16(17)18(21-23)19(24)22-11-3-4-14(12-22)20(25)26/h7-10,14H,2-6,11-12H2,1H3,(H,25,26). The van der Waals surface area contributed by atoms with Crippen LogP contribution in [-0.2, 0) is 17.6 Å². The van der Waals surface area contributed by atoms with Crippen LogP contribution in [0.3, 0.4) is 0 Å². The Balaban J connectivity index is 1.67. The molecule has 0 saturated carbocycles. The van der Waals surface area contributed by atoms with Crippen LogP contribution in [0.4, 0.5) is 0 Å². The molecular weight excluding hydrogens is 330 g/mol. The van der Waals surface area contributed by atoms with Crippen LogP contribution in [0.5, 0.6) is 0 Å². The molecular formula is C20H23N3O3. The smallest absolute Gasteiger partial charge is 0.308 e. The van der Waals surface area contributed by atoms with E-state index in [0.29, 0.717) is 18.7 Å². The van der Waals surface area contributed by atoms with Crippen molar-refractivity contribution < 1.29 is 14.7 Å². The first-order chi connectivity index (χ1) is 12.5. The third-order valence-corrected chi connectivity index (χ3v) is 5.47. The maximum absolute atomic E-state index is 13.1. The first kappa shape index (κ1) is 16.8. The second kappa shape index (κ2) is 6.59. The summed E-state index contributed by atoms with van der Waals surface area (Å²) in [5, 5.41) is 13.9. The number of nitrogens with zero attached hydrogens (tertiary/aromatic N) is 3. The van der Waals surface area contributed by atoms with Gasteiger partial charge in [-0.25, -0.2) is 4.68 Å². The number of amides is 1. The number of hydrogen-bond donors (Lipinski definition) is 1. The summed E-state index contributed by atoms with van der Waals surface area (Å²) >= 11 is 0. The highest BCUT2D eigenvalue weighted by atomic mass is 16.4. The fraction of sp³-hybridized carbons (Fsp3) is 0.450. The summed E-state index contributed by atoms with van der Waals surface area (Å²) < 4.78 is 1.90. The number of aromatic nitrogens is 2. The van der Waals surface area contributed by atoms with Gasteiger partial charge in [0.25, 0.3) is 5.91 Å². The van der Waals surface area contributed by atoms with Gasteiger partial charge in [-0.15, -0.1) is 0 Å². The van der Waals surface area contributed by atoms with Crippen LogP contribution in [0.25, 0.3) is 5.69 Å². The third kappa shape index (κ3) is 2.89. The van der Waals surface area contributed by atoms with Crippen molar-refractivity contribution in [3.05, 3.63) is 46.8 Å². The third-order valence-electron chi connectivity index (χ3n) is 5.47. The molecule has 2 aliphatic rings. The molecule has 136 valence electrons. The highest BCUT2D eigenvalue weighted by Crippen LogP contribution is 2.29. The Kier molecular flexibility index (Phi) is 4.26. The van der Waals surface area contributed by atoms with Gasteiger partial charge in [0, 0.05) is 24.3 Å². The molecule has 6 nitrogen and oxygen atoms in total. The van der Waals surface area contributed by atoms with Crippen molar-refractivity contribution >= 4 is 11.9 Å². The SMILES string of the molecule is Cc1ccc(-n2nc(C(=O)N3CCCC(C(=O)O)C3)c3c2CCC3)cc1.